The molecule has 0 aliphatic rings. The number of benzene rings is 1. The molecule has 0 spiro atoms. The highest BCUT2D eigenvalue weighted by atomic mass is 19.4. The predicted molar refractivity (Wildman–Crippen MR) is 101 cm³/mol. The molecule has 0 aliphatic carbocycles. The Morgan fingerprint density at radius 3 is 2.66 bits per heavy atom. The van der Waals surface area contributed by atoms with Gasteiger partial charge in [-0.3, -0.25) is 14.5 Å². The van der Waals surface area contributed by atoms with E-state index in [1.807, 2.05) is 6.07 Å². The van der Waals surface area contributed by atoms with Gasteiger partial charge < -0.3 is 10.1 Å². The number of hydrogen-bond acceptors (Lipinski definition) is 4. The molecule has 1 amide bonds. The number of carbonyl (C=O) groups is 1. The Morgan fingerprint density at radius 2 is 2.00 bits per heavy atom. The van der Waals surface area contributed by atoms with Gasteiger partial charge in [0.1, 0.15) is 12.4 Å². The monoisotopic (exact) mass is 404 g/mol. The normalized spacial score (nSPS) is 11.5. The van der Waals surface area contributed by atoms with Crippen molar-refractivity contribution in [2.45, 2.75) is 32.7 Å². The second-order valence-electron chi connectivity index (χ2n) is 6.57. The average molecular weight is 404 g/mol. The maximum absolute atomic E-state index is 13.5. The number of nitrogens with one attached hydrogen (secondary N) is 1. The molecule has 0 saturated heterocycles. The lowest BCUT2D eigenvalue weighted by Crippen LogP contribution is -2.22. The molecule has 0 atom stereocenters. The highest BCUT2D eigenvalue weighted by Gasteiger charge is 2.40. The van der Waals surface area contributed by atoms with Crippen molar-refractivity contribution in [3.63, 3.8) is 0 Å². The summed E-state index contributed by atoms with van der Waals surface area (Å²) >= 11 is 0. The number of rotatable bonds is 6. The first kappa shape index (κ1) is 20.4. The van der Waals surface area contributed by atoms with Gasteiger partial charge in [0.05, 0.1) is 11.8 Å². The quantitative estimate of drug-likeness (QED) is 0.646. The van der Waals surface area contributed by atoms with Gasteiger partial charge in [-0.1, -0.05) is 12.1 Å². The van der Waals surface area contributed by atoms with Crippen LogP contribution in [0, 0.1) is 0 Å². The number of hydrogen-bond donors (Lipinski definition) is 1. The first-order chi connectivity index (χ1) is 13.8. The molecule has 0 radical (unpaired) electrons. The lowest BCUT2D eigenvalue weighted by molar-refractivity contribution is -0.145. The van der Waals surface area contributed by atoms with E-state index < -0.39 is 29.4 Å². The molecule has 0 bridgehead atoms. The molecular weight excluding hydrogens is 385 g/mol. The summed E-state index contributed by atoms with van der Waals surface area (Å²) in [5.41, 5.74) is -0.441. The van der Waals surface area contributed by atoms with Gasteiger partial charge in [0.25, 0.3) is 5.91 Å². The zero-order valence-corrected chi connectivity index (χ0v) is 15.8. The molecule has 0 fully saturated rings. The first-order valence-electron chi connectivity index (χ1n) is 8.83. The molecule has 152 valence electrons. The summed E-state index contributed by atoms with van der Waals surface area (Å²) in [6.07, 6.45) is -0.462. The molecule has 0 aliphatic heterocycles. The summed E-state index contributed by atoms with van der Waals surface area (Å²) in [6, 6.07) is 9.51. The van der Waals surface area contributed by atoms with E-state index in [2.05, 4.69) is 15.4 Å². The van der Waals surface area contributed by atoms with Gasteiger partial charge in [0.15, 0.2) is 5.69 Å². The second kappa shape index (κ2) is 8.34. The van der Waals surface area contributed by atoms with Crippen LogP contribution in [0.15, 0.2) is 55.0 Å². The topological polar surface area (TPSA) is 69.0 Å². The predicted octanol–water partition coefficient (Wildman–Crippen LogP) is 4.71. The first-order valence-corrected chi connectivity index (χ1v) is 8.83. The van der Waals surface area contributed by atoms with Crippen LogP contribution in [0.3, 0.4) is 0 Å². The molecule has 3 rings (SSSR count). The number of aromatic nitrogens is 3. The molecule has 0 saturated carbocycles. The number of anilines is 1. The van der Waals surface area contributed by atoms with E-state index in [-0.39, 0.29) is 6.61 Å². The average Bonchev–Trinajstić information content (AvgIpc) is 3.14. The second-order valence-corrected chi connectivity index (χ2v) is 6.57. The summed E-state index contributed by atoms with van der Waals surface area (Å²) in [5, 5.41) is 6.21. The Hall–Kier alpha value is -3.36. The van der Waals surface area contributed by atoms with Gasteiger partial charge >= 0.3 is 6.18 Å². The number of pyridine rings is 1. The zero-order valence-electron chi connectivity index (χ0n) is 15.8. The van der Waals surface area contributed by atoms with Crippen LogP contribution in [0.4, 0.5) is 18.9 Å². The molecular formula is C20H19F3N4O2. The number of carbonyl (C=O) groups excluding carboxylic acids is 1. The third-order valence-electron chi connectivity index (χ3n) is 4.02. The Balaban J connectivity index is 1.76. The van der Waals surface area contributed by atoms with Crippen LogP contribution >= 0.6 is 0 Å². The number of alkyl halides is 3. The number of ether oxygens (including phenoxy) is 1. The molecule has 1 aromatic carbocycles. The van der Waals surface area contributed by atoms with Crippen LogP contribution in [0.25, 0.3) is 0 Å². The van der Waals surface area contributed by atoms with E-state index in [4.69, 9.17) is 4.74 Å². The molecule has 3 aromatic rings. The van der Waals surface area contributed by atoms with Crippen molar-refractivity contribution in [2.75, 3.05) is 5.32 Å². The van der Waals surface area contributed by atoms with Crippen LogP contribution in [-0.2, 0) is 12.8 Å². The zero-order chi connectivity index (χ0) is 21.0. The van der Waals surface area contributed by atoms with Gasteiger partial charge in [-0.05, 0) is 32.0 Å². The number of halogens is 3. The van der Waals surface area contributed by atoms with E-state index in [0.29, 0.717) is 11.4 Å². The van der Waals surface area contributed by atoms with Crippen molar-refractivity contribution in [2.24, 2.45) is 0 Å². The minimum atomic E-state index is -4.71. The smallest absolute Gasteiger partial charge is 0.433 e. The minimum absolute atomic E-state index is 0.268. The van der Waals surface area contributed by atoms with Crippen molar-refractivity contribution < 1.29 is 22.7 Å². The lowest BCUT2D eigenvalue weighted by Gasteiger charge is -2.15. The van der Waals surface area contributed by atoms with Crippen LogP contribution in [0.2, 0.25) is 0 Å². The summed E-state index contributed by atoms with van der Waals surface area (Å²) in [7, 11) is 0. The van der Waals surface area contributed by atoms with Gasteiger partial charge in [-0.15, -0.1) is 0 Å². The minimum Gasteiger partial charge on any atom is -0.489 e. The van der Waals surface area contributed by atoms with Crippen molar-refractivity contribution in [3.8, 4) is 5.75 Å². The number of amides is 1. The summed E-state index contributed by atoms with van der Waals surface area (Å²) in [4.78, 5) is 16.5. The lowest BCUT2D eigenvalue weighted by atomic mass is 10.2. The van der Waals surface area contributed by atoms with Gasteiger partial charge in [-0.2, -0.15) is 18.3 Å². The van der Waals surface area contributed by atoms with Crippen LogP contribution in [0.5, 0.6) is 5.75 Å². The molecule has 9 heteroatoms. The van der Waals surface area contributed by atoms with Crippen LogP contribution in [-0.4, -0.2) is 20.7 Å². The summed E-state index contributed by atoms with van der Waals surface area (Å²) in [6.45, 7) is 3.39. The highest BCUT2D eigenvalue weighted by Crippen LogP contribution is 2.34. The third-order valence-corrected chi connectivity index (χ3v) is 4.02. The fraction of sp³-hybridized carbons (Fsp3) is 0.250. The molecule has 29 heavy (non-hydrogen) atoms. The van der Waals surface area contributed by atoms with Crippen molar-refractivity contribution in [3.05, 3.63) is 71.8 Å². The number of nitrogens with zero attached hydrogens (tertiary/aromatic N) is 3. The highest BCUT2D eigenvalue weighted by molar-refractivity contribution is 6.05. The Morgan fingerprint density at radius 1 is 1.21 bits per heavy atom. The summed E-state index contributed by atoms with van der Waals surface area (Å²) < 4.78 is 46.8. The SMILES string of the molecule is CC(C)n1ncc(C(=O)Nc2cccc(OCc3cccnc3)c2)c1C(F)(F)F. The Labute approximate surface area is 165 Å². The Bertz CT molecular complexity index is 985. The molecule has 6 nitrogen and oxygen atoms in total. The molecule has 0 unspecified atom stereocenters. The maximum atomic E-state index is 13.5. The molecule has 2 aromatic heterocycles. The van der Waals surface area contributed by atoms with Gasteiger partial charge in [0, 0.05) is 35.8 Å². The van der Waals surface area contributed by atoms with E-state index in [9.17, 15) is 18.0 Å². The van der Waals surface area contributed by atoms with Crippen molar-refractivity contribution in [1.29, 1.82) is 0 Å². The standard InChI is InChI=1S/C20H19F3N4O2/c1-13(2)27-18(20(21,22)23)17(11-25-27)19(28)26-15-6-3-7-16(9-15)29-12-14-5-4-8-24-10-14/h3-11,13H,12H2,1-2H3,(H,26,28). The van der Waals surface area contributed by atoms with Crippen LogP contribution in [0.1, 0.15) is 41.5 Å². The van der Waals surface area contributed by atoms with Gasteiger partial charge in [0.2, 0.25) is 0 Å². The van der Waals surface area contributed by atoms with E-state index in [1.165, 1.54) is 6.07 Å². The van der Waals surface area contributed by atoms with Crippen LogP contribution < -0.4 is 10.1 Å². The van der Waals surface area contributed by atoms with Crippen molar-refractivity contribution >= 4 is 11.6 Å². The van der Waals surface area contributed by atoms with Crippen molar-refractivity contribution in [1.82, 2.24) is 14.8 Å². The fourth-order valence-corrected chi connectivity index (χ4v) is 2.71. The fourth-order valence-electron chi connectivity index (χ4n) is 2.71. The third kappa shape index (κ3) is 4.92. The maximum Gasteiger partial charge on any atom is 0.433 e. The summed E-state index contributed by atoms with van der Waals surface area (Å²) in [5.74, 6) is -0.436. The molecule has 1 N–H and O–H groups in total. The van der Waals surface area contributed by atoms with E-state index in [1.54, 1.807) is 50.5 Å². The largest absolute Gasteiger partial charge is 0.489 e. The van der Waals surface area contributed by atoms with E-state index >= 15 is 0 Å². The molecule has 2 heterocycles. The van der Waals surface area contributed by atoms with Gasteiger partial charge in [-0.25, -0.2) is 0 Å². The Kier molecular flexibility index (Phi) is 5.86. The van der Waals surface area contributed by atoms with E-state index in [0.717, 1.165) is 16.4 Å².